The standard InChI is InChI=1S/C18H19NOS/c20-18(16-9-5-2-6-10-16)19-12-11-17(21-14-13-19)15-7-3-1-4-8-15/h1-10,17H,11-14H2/t17-/m0/s1. The van der Waals surface area contributed by atoms with Gasteiger partial charge in [0.25, 0.3) is 5.91 Å². The zero-order valence-electron chi connectivity index (χ0n) is 11.9. The third-order valence-electron chi connectivity index (χ3n) is 3.82. The third kappa shape index (κ3) is 3.48. The number of benzene rings is 2. The van der Waals surface area contributed by atoms with Crippen LogP contribution in [0.3, 0.4) is 0 Å². The van der Waals surface area contributed by atoms with Crippen molar-refractivity contribution >= 4 is 17.7 Å². The lowest BCUT2D eigenvalue weighted by molar-refractivity contribution is 0.0766. The number of carbonyl (C=O) groups is 1. The molecule has 2 aromatic carbocycles. The van der Waals surface area contributed by atoms with Gasteiger partial charge >= 0.3 is 0 Å². The molecule has 1 saturated heterocycles. The third-order valence-corrected chi connectivity index (χ3v) is 5.15. The molecule has 0 radical (unpaired) electrons. The number of rotatable bonds is 2. The molecule has 3 heteroatoms. The maximum atomic E-state index is 12.5. The summed E-state index contributed by atoms with van der Waals surface area (Å²) in [6, 6.07) is 20.2. The molecule has 0 aliphatic carbocycles. The van der Waals surface area contributed by atoms with Crippen LogP contribution in [0.2, 0.25) is 0 Å². The summed E-state index contributed by atoms with van der Waals surface area (Å²) in [4.78, 5) is 14.5. The summed E-state index contributed by atoms with van der Waals surface area (Å²) in [5.74, 6) is 1.16. The van der Waals surface area contributed by atoms with Crippen LogP contribution in [0.5, 0.6) is 0 Å². The SMILES string of the molecule is O=C(c1ccccc1)N1CCS[C@H](c2ccccc2)CC1. The fourth-order valence-electron chi connectivity index (χ4n) is 2.67. The van der Waals surface area contributed by atoms with Gasteiger partial charge in [0.15, 0.2) is 0 Å². The van der Waals surface area contributed by atoms with E-state index in [1.54, 1.807) is 0 Å². The summed E-state index contributed by atoms with van der Waals surface area (Å²) in [5.41, 5.74) is 2.16. The molecule has 0 N–H and O–H groups in total. The van der Waals surface area contributed by atoms with E-state index in [1.807, 2.05) is 47.0 Å². The first-order valence-corrected chi connectivity index (χ1v) is 8.40. The van der Waals surface area contributed by atoms with Crippen molar-refractivity contribution in [3.05, 3.63) is 71.8 Å². The second kappa shape index (κ2) is 6.81. The van der Waals surface area contributed by atoms with Gasteiger partial charge in [-0.05, 0) is 24.1 Å². The molecule has 1 aliphatic heterocycles. The van der Waals surface area contributed by atoms with Crippen LogP contribution in [0.25, 0.3) is 0 Å². The highest BCUT2D eigenvalue weighted by Crippen LogP contribution is 2.34. The van der Waals surface area contributed by atoms with E-state index in [1.165, 1.54) is 5.56 Å². The fraction of sp³-hybridized carbons (Fsp3) is 0.278. The van der Waals surface area contributed by atoms with Crippen molar-refractivity contribution in [1.29, 1.82) is 0 Å². The number of nitrogens with zero attached hydrogens (tertiary/aromatic N) is 1. The van der Waals surface area contributed by atoms with Crippen molar-refractivity contribution in [3.63, 3.8) is 0 Å². The Morgan fingerprint density at radius 3 is 2.33 bits per heavy atom. The first kappa shape index (κ1) is 14.2. The van der Waals surface area contributed by atoms with E-state index < -0.39 is 0 Å². The van der Waals surface area contributed by atoms with Crippen LogP contribution in [0.1, 0.15) is 27.6 Å². The molecule has 2 aromatic rings. The minimum absolute atomic E-state index is 0.157. The smallest absolute Gasteiger partial charge is 0.253 e. The van der Waals surface area contributed by atoms with Crippen LogP contribution in [0.4, 0.5) is 0 Å². The molecular formula is C18H19NOS. The average molecular weight is 297 g/mol. The Balaban J connectivity index is 1.67. The van der Waals surface area contributed by atoms with Gasteiger partial charge in [-0.1, -0.05) is 48.5 Å². The van der Waals surface area contributed by atoms with E-state index in [-0.39, 0.29) is 5.91 Å². The van der Waals surface area contributed by atoms with Gasteiger partial charge in [0.05, 0.1) is 0 Å². The van der Waals surface area contributed by atoms with Crippen LogP contribution in [0, 0.1) is 0 Å². The van der Waals surface area contributed by atoms with Crippen molar-refractivity contribution < 1.29 is 4.79 Å². The highest BCUT2D eigenvalue weighted by molar-refractivity contribution is 7.99. The molecule has 1 fully saturated rings. The van der Waals surface area contributed by atoms with E-state index >= 15 is 0 Å². The molecule has 2 nitrogen and oxygen atoms in total. The van der Waals surface area contributed by atoms with Crippen LogP contribution in [0.15, 0.2) is 60.7 Å². The Kier molecular flexibility index (Phi) is 4.61. The predicted octanol–water partition coefficient (Wildman–Crippen LogP) is 4.01. The average Bonchev–Trinajstić information content (AvgIpc) is 2.82. The molecule has 0 aromatic heterocycles. The maximum Gasteiger partial charge on any atom is 0.253 e. The molecule has 21 heavy (non-hydrogen) atoms. The largest absolute Gasteiger partial charge is 0.338 e. The van der Waals surface area contributed by atoms with Gasteiger partial charge in [-0.2, -0.15) is 11.8 Å². The van der Waals surface area contributed by atoms with Crippen molar-refractivity contribution in [1.82, 2.24) is 4.90 Å². The van der Waals surface area contributed by atoms with Crippen LogP contribution in [-0.4, -0.2) is 29.6 Å². The highest BCUT2D eigenvalue weighted by Gasteiger charge is 2.22. The molecule has 1 amide bonds. The van der Waals surface area contributed by atoms with Crippen LogP contribution >= 0.6 is 11.8 Å². The van der Waals surface area contributed by atoms with Gasteiger partial charge in [-0.25, -0.2) is 0 Å². The lowest BCUT2D eigenvalue weighted by Gasteiger charge is -2.20. The normalized spacial score (nSPS) is 19.0. The zero-order valence-corrected chi connectivity index (χ0v) is 12.8. The molecule has 0 unspecified atom stereocenters. The summed E-state index contributed by atoms with van der Waals surface area (Å²) < 4.78 is 0. The van der Waals surface area contributed by atoms with Crippen LogP contribution in [-0.2, 0) is 0 Å². The number of amides is 1. The second-order valence-electron chi connectivity index (χ2n) is 5.22. The van der Waals surface area contributed by atoms with Gasteiger partial charge in [0, 0.05) is 29.7 Å². The Morgan fingerprint density at radius 1 is 0.952 bits per heavy atom. The molecule has 0 saturated carbocycles. The van der Waals surface area contributed by atoms with Gasteiger partial charge in [-0.3, -0.25) is 4.79 Å². The van der Waals surface area contributed by atoms with Crippen molar-refractivity contribution in [3.8, 4) is 0 Å². The quantitative estimate of drug-likeness (QED) is 0.835. The van der Waals surface area contributed by atoms with Gasteiger partial charge < -0.3 is 4.90 Å². The molecule has 0 spiro atoms. The number of hydrogen-bond acceptors (Lipinski definition) is 2. The lowest BCUT2D eigenvalue weighted by atomic mass is 10.1. The molecule has 1 heterocycles. The summed E-state index contributed by atoms with van der Waals surface area (Å²) in [5, 5.41) is 0.500. The predicted molar refractivity (Wildman–Crippen MR) is 88.6 cm³/mol. The Labute approximate surface area is 130 Å². The maximum absolute atomic E-state index is 12.5. The Bertz CT molecular complexity index is 585. The molecule has 1 atom stereocenters. The molecule has 1 aliphatic rings. The minimum atomic E-state index is 0.157. The first-order chi connectivity index (χ1) is 10.3. The molecule has 0 bridgehead atoms. The number of carbonyl (C=O) groups excluding carboxylic acids is 1. The Hall–Kier alpha value is -1.74. The minimum Gasteiger partial charge on any atom is -0.338 e. The Morgan fingerprint density at radius 2 is 1.62 bits per heavy atom. The highest BCUT2D eigenvalue weighted by atomic mass is 32.2. The van der Waals surface area contributed by atoms with E-state index in [0.29, 0.717) is 5.25 Å². The van der Waals surface area contributed by atoms with Gasteiger partial charge in [-0.15, -0.1) is 0 Å². The summed E-state index contributed by atoms with van der Waals surface area (Å²) in [6.07, 6.45) is 1.02. The summed E-state index contributed by atoms with van der Waals surface area (Å²) in [7, 11) is 0. The monoisotopic (exact) mass is 297 g/mol. The number of hydrogen-bond donors (Lipinski definition) is 0. The summed E-state index contributed by atoms with van der Waals surface area (Å²) >= 11 is 1.96. The first-order valence-electron chi connectivity index (χ1n) is 7.35. The van der Waals surface area contributed by atoms with E-state index in [4.69, 9.17) is 0 Å². The fourth-order valence-corrected chi connectivity index (χ4v) is 3.90. The lowest BCUT2D eigenvalue weighted by Crippen LogP contribution is -2.32. The van der Waals surface area contributed by atoms with Crippen molar-refractivity contribution in [2.45, 2.75) is 11.7 Å². The van der Waals surface area contributed by atoms with Crippen molar-refractivity contribution in [2.24, 2.45) is 0 Å². The zero-order chi connectivity index (χ0) is 14.5. The molecule has 3 rings (SSSR count). The van der Waals surface area contributed by atoms with Crippen LogP contribution < -0.4 is 0 Å². The topological polar surface area (TPSA) is 20.3 Å². The second-order valence-corrected chi connectivity index (χ2v) is 6.53. The summed E-state index contributed by atoms with van der Waals surface area (Å²) in [6.45, 7) is 1.67. The van der Waals surface area contributed by atoms with E-state index in [9.17, 15) is 4.79 Å². The molecular weight excluding hydrogens is 278 g/mol. The van der Waals surface area contributed by atoms with Gasteiger partial charge in [0.1, 0.15) is 0 Å². The van der Waals surface area contributed by atoms with Crippen molar-refractivity contribution in [2.75, 3.05) is 18.8 Å². The number of thioether (sulfide) groups is 1. The van der Waals surface area contributed by atoms with E-state index in [2.05, 4.69) is 30.3 Å². The van der Waals surface area contributed by atoms with E-state index in [0.717, 1.165) is 30.8 Å². The van der Waals surface area contributed by atoms with Gasteiger partial charge in [0.2, 0.25) is 0 Å². The molecule has 108 valence electrons.